The Morgan fingerprint density at radius 1 is 0.214 bits per heavy atom. The van der Waals surface area contributed by atoms with Gasteiger partial charge in [-0.05, 0) is 111 Å². The van der Waals surface area contributed by atoms with Crippen LogP contribution in [0, 0.1) is 0 Å². The fraction of sp³-hybridized carbons (Fsp3) is 0.840. The van der Waals surface area contributed by atoms with Crippen LogP contribution in [-0.2, 0) is 43.7 Å². The van der Waals surface area contributed by atoms with Gasteiger partial charge in [0.05, 0.1) is 0 Å². The molecule has 0 aliphatic carbocycles. The second-order valence-corrected chi connectivity index (χ2v) is 35.6. The Morgan fingerprint density at radius 3 is 0.631 bits per heavy atom. The normalized spacial score (nSPS) is 12.4. The summed E-state index contributed by atoms with van der Waals surface area (Å²) in [6.45, 7) is 16.1. The van der Waals surface area contributed by atoms with Crippen molar-refractivity contribution in [3.63, 3.8) is 0 Å². The van der Waals surface area contributed by atoms with E-state index in [0.29, 0.717) is 0 Å². The van der Waals surface area contributed by atoms with Gasteiger partial charge in [-0.25, -0.2) is 4.70 Å². The van der Waals surface area contributed by atoms with Gasteiger partial charge >= 0.3 is 169 Å². The number of hydrogen-bond donors (Lipinski definition) is 0. The van der Waals surface area contributed by atoms with Gasteiger partial charge < -0.3 is 5.53 Å². The average Bonchev–Trinajstić information content (AvgIpc) is 1.64. The Bertz CT molecular complexity index is 2070. The number of benzene rings is 2. The van der Waals surface area contributed by atoms with Gasteiger partial charge in [-0.1, -0.05) is 337 Å². The van der Waals surface area contributed by atoms with Gasteiger partial charge in [0, 0.05) is 22.8 Å². The summed E-state index contributed by atoms with van der Waals surface area (Å²) < 4.78 is 1.57. The van der Waals surface area contributed by atoms with Gasteiger partial charge in [-0.2, -0.15) is 0 Å². The van der Waals surface area contributed by atoms with Crippen molar-refractivity contribution in [2.45, 2.75) is 540 Å². The van der Waals surface area contributed by atoms with Crippen LogP contribution < -0.4 is 0 Å². The standard InChI is InChI=1S/C44H68N2.2C28H57.Pd/c1-6-11-16-20-24-36-29-37(25-21-17-12-7-2)32-41(31-36)43-35-40(28-15-10-5)44(46(43)45)42-33-38(26-22-18-13-8-3)30-39(34-42)27-23-19-14-9-4;2*1-3-5-7-9-11-13-15-17-19-21-23-25-27-28-26-24-22-20-18-16-14-12-10-8-6-4-2;/h29-35H,6-28H2,1-5H3;2*1,3-28H2,2H3;. The second kappa shape index (κ2) is 76.9. The smallest absolute Gasteiger partial charge is 0.493 e. The molecule has 2 nitrogen and oxygen atoms in total. The first-order chi connectivity index (χ1) is 51.0. The predicted molar refractivity (Wildman–Crippen MR) is 463 cm³/mol. The van der Waals surface area contributed by atoms with Gasteiger partial charge in [0.25, 0.3) is 0 Å². The van der Waals surface area contributed by atoms with E-state index in [1.54, 1.807) is 14.5 Å². The molecule has 0 radical (unpaired) electrons. The third-order valence-corrected chi connectivity index (χ3v) is 25.2. The average molecular weight is 1520 g/mol. The molecule has 0 saturated carbocycles. The van der Waals surface area contributed by atoms with Crippen LogP contribution in [0.4, 0.5) is 0 Å². The van der Waals surface area contributed by atoms with Crippen molar-refractivity contribution in [1.29, 1.82) is 0 Å². The molecule has 0 amide bonds. The van der Waals surface area contributed by atoms with E-state index < -0.39 is 0 Å². The zero-order valence-electron chi connectivity index (χ0n) is 71.2. The molecular formula is C100H182N2Pd. The van der Waals surface area contributed by atoms with Crippen LogP contribution in [0.2, 0.25) is 9.79 Å². The van der Waals surface area contributed by atoms with Crippen LogP contribution in [0.15, 0.2) is 48.0 Å². The van der Waals surface area contributed by atoms with Crippen molar-refractivity contribution in [2.24, 2.45) is 0 Å². The number of unbranched alkanes of at least 4 members (excludes halogenated alkanes) is 63. The van der Waals surface area contributed by atoms with Crippen LogP contribution in [-0.4, -0.2) is 4.70 Å². The quantitative estimate of drug-likeness (QED) is 0.0358. The Kier molecular flexibility index (Phi) is 72.6. The van der Waals surface area contributed by atoms with Gasteiger partial charge in [0.15, 0.2) is 0 Å². The monoisotopic (exact) mass is 1520 g/mol. The van der Waals surface area contributed by atoms with Crippen LogP contribution in [0.5, 0.6) is 0 Å². The second-order valence-electron chi connectivity index (χ2n) is 33.3. The van der Waals surface area contributed by atoms with E-state index in [1.165, 1.54) is 476 Å². The molecule has 3 heteroatoms. The van der Waals surface area contributed by atoms with Gasteiger partial charge in [0.1, 0.15) is 0 Å². The molecule has 1 aliphatic heterocycles. The number of rotatable bonds is 79. The topological polar surface area (TPSA) is 25.3 Å². The van der Waals surface area contributed by atoms with Gasteiger partial charge in [-0.3, -0.25) is 0 Å². The van der Waals surface area contributed by atoms with Gasteiger partial charge in [0.2, 0.25) is 11.4 Å². The minimum absolute atomic E-state index is 0.962. The van der Waals surface area contributed by atoms with E-state index in [-0.39, 0.29) is 0 Å². The predicted octanol–water partition coefficient (Wildman–Crippen LogP) is 36.4. The first-order valence-electron chi connectivity index (χ1n) is 47.6. The zero-order valence-corrected chi connectivity index (χ0v) is 72.8. The first-order valence-corrected chi connectivity index (χ1v) is 49.8. The summed E-state index contributed by atoms with van der Waals surface area (Å²) in [7, 11) is 0. The minimum Gasteiger partial charge on any atom is -0.493 e. The summed E-state index contributed by atoms with van der Waals surface area (Å²) in [5.74, 6) is 0. The Balaban J connectivity index is 0.000000714. The van der Waals surface area contributed by atoms with E-state index in [4.69, 9.17) is 0 Å². The molecule has 0 aromatic heterocycles. The van der Waals surface area contributed by atoms with Crippen LogP contribution >= 0.6 is 0 Å². The fourth-order valence-corrected chi connectivity index (χ4v) is 18.0. The molecule has 0 atom stereocenters. The molecule has 0 N–H and O–H groups in total. The summed E-state index contributed by atoms with van der Waals surface area (Å²) in [6, 6.07) is 14.5. The number of nitrogens with zero attached hydrogens (tertiary/aromatic N) is 2. The van der Waals surface area contributed by atoms with Crippen molar-refractivity contribution >= 4 is 11.4 Å². The number of aryl methyl sites for hydroxylation is 4. The minimum atomic E-state index is 0.962. The Hall–Kier alpha value is -1.82. The number of hydrogen-bond acceptors (Lipinski definition) is 0. The van der Waals surface area contributed by atoms with Gasteiger partial charge in [-0.15, -0.1) is 0 Å². The molecule has 1 aliphatic rings. The maximum atomic E-state index is 12.1. The third-order valence-electron chi connectivity index (χ3n) is 23.0. The van der Waals surface area contributed by atoms with Crippen molar-refractivity contribution in [3.8, 4) is 0 Å². The molecule has 103 heavy (non-hydrogen) atoms. The van der Waals surface area contributed by atoms with Crippen molar-refractivity contribution in [3.05, 3.63) is 87.0 Å². The summed E-state index contributed by atoms with van der Waals surface area (Å²) in [6.07, 6.45) is 108. The molecule has 0 fully saturated rings. The molecule has 602 valence electrons. The summed E-state index contributed by atoms with van der Waals surface area (Å²) in [5, 5.41) is 0. The molecule has 3 rings (SSSR count). The molecule has 0 bridgehead atoms. The SMILES string of the molecule is CCCCCCCCCCCCCCCCCCCCCCCCCCC[CH2][Pd][CH2]CCCCCCCCCCCCCCCCCCCCCCCCCCC.CCCCCCc1cc(CCCCCC)cc(C2=CC(CCCC)=C(c3cc(CCCCCC)cc(CCCCCC)c3)[N+]2=[N-])c1. The van der Waals surface area contributed by atoms with Crippen molar-refractivity contribution < 1.29 is 22.7 Å². The summed E-state index contributed by atoms with van der Waals surface area (Å²) in [4.78, 5) is 3.10. The molecule has 2 aromatic carbocycles. The third kappa shape index (κ3) is 58.8. The Labute approximate surface area is 656 Å². The molecule has 1 heterocycles. The number of allylic oxidation sites excluding steroid dienone is 2. The molecule has 0 saturated heterocycles. The van der Waals surface area contributed by atoms with E-state index >= 15 is 0 Å². The first kappa shape index (κ1) is 97.3. The fourth-order valence-electron chi connectivity index (χ4n) is 16.1. The van der Waals surface area contributed by atoms with Crippen molar-refractivity contribution in [1.82, 2.24) is 0 Å². The van der Waals surface area contributed by atoms with Crippen molar-refractivity contribution in [2.75, 3.05) is 0 Å². The molecular weight excluding hydrogens is 1340 g/mol. The van der Waals surface area contributed by atoms with Crippen LogP contribution in [0.1, 0.15) is 538 Å². The zero-order chi connectivity index (χ0) is 73.9. The van der Waals surface area contributed by atoms with Crippen LogP contribution in [0.25, 0.3) is 16.9 Å². The molecule has 2 aromatic rings. The summed E-state index contributed by atoms with van der Waals surface area (Å²) >= 11 is 1.05. The molecule has 0 unspecified atom stereocenters. The van der Waals surface area contributed by atoms with E-state index in [2.05, 4.69) is 90.9 Å². The summed E-state index contributed by atoms with van der Waals surface area (Å²) in [5.41, 5.74) is 23.5. The Morgan fingerprint density at radius 2 is 0.408 bits per heavy atom. The van der Waals surface area contributed by atoms with E-state index in [1.807, 2.05) is 0 Å². The maximum absolute atomic E-state index is 12.1. The van der Waals surface area contributed by atoms with Crippen LogP contribution in [0.3, 0.4) is 0 Å². The van der Waals surface area contributed by atoms with E-state index in [9.17, 15) is 5.53 Å². The molecule has 0 spiro atoms. The van der Waals surface area contributed by atoms with E-state index in [0.717, 1.165) is 74.3 Å².